The Bertz CT molecular complexity index is 932. The van der Waals surface area contributed by atoms with Crippen molar-refractivity contribution in [2.75, 3.05) is 7.11 Å². The number of aromatic nitrogens is 3. The van der Waals surface area contributed by atoms with Crippen LogP contribution in [0, 0.1) is 0 Å². The Labute approximate surface area is 152 Å². The molecule has 6 nitrogen and oxygen atoms in total. The predicted octanol–water partition coefficient (Wildman–Crippen LogP) is 3.95. The van der Waals surface area contributed by atoms with Gasteiger partial charge in [-0.25, -0.2) is 9.67 Å². The van der Waals surface area contributed by atoms with Gasteiger partial charge in [-0.2, -0.15) is 5.10 Å². The van der Waals surface area contributed by atoms with Crippen LogP contribution >= 0.6 is 0 Å². The van der Waals surface area contributed by atoms with Gasteiger partial charge in [-0.05, 0) is 42.3 Å². The molecule has 3 rings (SSSR count). The van der Waals surface area contributed by atoms with Crippen LogP contribution in [0.4, 0.5) is 0 Å². The van der Waals surface area contributed by atoms with Crippen LogP contribution < -0.4 is 4.74 Å². The predicted molar refractivity (Wildman–Crippen MR) is 101 cm³/mol. The van der Waals surface area contributed by atoms with Crippen molar-refractivity contribution in [1.82, 2.24) is 14.8 Å². The fourth-order valence-corrected chi connectivity index (χ4v) is 2.63. The Morgan fingerprint density at radius 3 is 2.62 bits per heavy atom. The van der Waals surface area contributed by atoms with E-state index in [0.29, 0.717) is 29.5 Å². The molecule has 0 saturated heterocycles. The number of aromatic hydroxyl groups is 2. The molecule has 134 valence electrons. The molecule has 0 saturated carbocycles. The highest BCUT2D eigenvalue weighted by Gasteiger charge is 2.13. The number of hydrogen-bond acceptors (Lipinski definition) is 5. The lowest BCUT2D eigenvalue weighted by Crippen LogP contribution is -2.02. The second-order valence-electron chi connectivity index (χ2n) is 5.80. The van der Waals surface area contributed by atoms with Crippen LogP contribution in [0.15, 0.2) is 42.5 Å². The standard InChI is InChI=1S/C20H21N3O3/c1-3-12-23-20(15-6-4-5-7-16(15)24)21-19(22-23)11-9-14-8-10-17(25)18(13-14)26-2/h4-11,13,24-25H,3,12H2,1-2H3/b11-9+. The molecule has 0 unspecified atom stereocenters. The van der Waals surface area contributed by atoms with E-state index >= 15 is 0 Å². The van der Waals surface area contributed by atoms with E-state index in [1.807, 2.05) is 18.2 Å². The number of benzene rings is 2. The Kier molecular flexibility index (Phi) is 5.22. The first-order chi connectivity index (χ1) is 12.6. The molecule has 3 aromatic rings. The SMILES string of the molecule is CCCn1nc(/C=C/c2ccc(O)c(OC)c2)nc1-c1ccccc1O. The van der Waals surface area contributed by atoms with Crippen LogP contribution in [-0.4, -0.2) is 32.1 Å². The maximum atomic E-state index is 10.1. The molecular weight excluding hydrogens is 330 g/mol. The zero-order chi connectivity index (χ0) is 18.5. The number of methoxy groups -OCH3 is 1. The maximum Gasteiger partial charge on any atom is 0.174 e. The van der Waals surface area contributed by atoms with Gasteiger partial charge in [-0.1, -0.05) is 31.2 Å². The smallest absolute Gasteiger partial charge is 0.174 e. The van der Waals surface area contributed by atoms with Crippen LogP contribution in [-0.2, 0) is 6.54 Å². The van der Waals surface area contributed by atoms with Crippen LogP contribution in [0.1, 0.15) is 24.7 Å². The van der Waals surface area contributed by atoms with Crippen molar-refractivity contribution < 1.29 is 14.9 Å². The highest BCUT2D eigenvalue weighted by Crippen LogP contribution is 2.29. The van der Waals surface area contributed by atoms with Crippen LogP contribution in [0.2, 0.25) is 0 Å². The summed E-state index contributed by atoms with van der Waals surface area (Å²) in [5.74, 6) is 1.86. The molecule has 2 N–H and O–H groups in total. The maximum absolute atomic E-state index is 10.1. The second kappa shape index (κ2) is 7.74. The summed E-state index contributed by atoms with van der Waals surface area (Å²) in [6.45, 7) is 2.77. The average Bonchev–Trinajstić information content (AvgIpc) is 3.04. The van der Waals surface area contributed by atoms with E-state index in [4.69, 9.17) is 4.74 Å². The molecule has 1 aromatic heterocycles. The lowest BCUT2D eigenvalue weighted by Gasteiger charge is -2.05. The van der Waals surface area contributed by atoms with Gasteiger partial charge in [0.25, 0.3) is 0 Å². The Hall–Kier alpha value is -3.28. The fraction of sp³-hybridized carbons (Fsp3) is 0.200. The highest BCUT2D eigenvalue weighted by atomic mass is 16.5. The van der Waals surface area contributed by atoms with Crippen LogP contribution in [0.3, 0.4) is 0 Å². The number of rotatable bonds is 6. The van der Waals surface area contributed by atoms with Gasteiger partial charge < -0.3 is 14.9 Å². The van der Waals surface area contributed by atoms with Crippen molar-refractivity contribution in [2.24, 2.45) is 0 Å². The van der Waals surface area contributed by atoms with Gasteiger partial charge in [-0.15, -0.1) is 0 Å². The van der Waals surface area contributed by atoms with Gasteiger partial charge in [0.2, 0.25) is 0 Å². The van der Waals surface area contributed by atoms with E-state index in [2.05, 4.69) is 17.0 Å². The fourth-order valence-electron chi connectivity index (χ4n) is 2.63. The van der Waals surface area contributed by atoms with Gasteiger partial charge >= 0.3 is 0 Å². The Morgan fingerprint density at radius 1 is 1.08 bits per heavy atom. The summed E-state index contributed by atoms with van der Waals surface area (Å²) in [4.78, 5) is 4.56. The van der Waals surface area contributed by atoms with Gasteiger partial charge in [0.15, 0.2) is 23.1 Å². The van der Waals surface area contributed by atoms with Crippen LogP contribution in [0.25, 0.3) is 23.5 Å². The summed E-state index contributed by atoms with van der Waals surface area (Å²) in [6.07, 6.45) is 4.55. The molecular formula is C20H21N3O3. The van der Waals surface area contributed by atoms with Gasteiger partial charge in [-0.3, -0.25) is 0 Å². The quantitative estimate of drug-likeness (QED) is 0.703. The Morgan fingerprint density at radius 2 is 1.88 bits per heavy atom. The molecule has 0 atom stereocenters. The summed E-state index contributed by atoms with van der Waals surface area (Å²) in [6, 6.07) is 12.2. The number of nitrogens with zero attached hydrogens (tertiary/aromatic N) is 3. The van der Waals surface area contributed by atoms with E-state index in [0.717, 1.165) is 12.0 Å². The van der Waals surface area contributed by atoms with Crippen molar-refractivity contribution in [3.8, 4) is 28.6 Å². The number of hydrogen-bond donors (Lipinski definition) is 2. The molecule has 0 spiro atoms. The molecule has 0 aliphatic heterocycles. The first-order valence-corrected chi connectivity index (χ1v) is 8.40. The zero-order valence-electron chi connectivity index (χ0n) is 14.8. The van der Waals surface area contributed by atoms with Crippen LogP contribution in [0.5, 0.6) is 17.2 Å². The number of ether oxygens (including phenoxy) is 1. The van der Waals surface area contributed by atoms with Crippen molar-refractivity contribution in [3.05, 3.63) is 53.9 Å². The normalized spacial score (nSPS) is 11.2. The minimum Gasteiger partial charge on any atom is -0.507 e. The van der Waals surface area contributed by atoms with Gasteiger partial charge in [0.1, 0.15) is 5.75 Å². The van der Waals surface area contributed by atoms with Crippen molar-refractivity contribution in [3.63, 3.8) is 0 Å². The molecule has 0 amide bonds. The van der Waals surface area contributed by atoms with Gasteiger partial charge in [0.05, 0.1) is 12.7 Å². The first kappa shape index (κ1) is 17.5. The lowest BCUT2D eigenvalue weighted by atomic mass is 10.2. The molecule has 0 radical (unpaired) electrons. The topological polar surface area (TPSA) is 80.4 Å². The lowest BCUT2D eigenvalue weighted by molar-refractivity contribution is 0.373. The van der Waals surface area contributed by atoms with Gasteiger partial charge in [0, 0.05) is 6.54 Å². The van der Waals surface area contributed by atoms with Crippen molar-refractivity contribution in [2.45, 2.75) is 19.9 Å². The number of para-hydroxylation sites is 1. The first-order valence-electron chi connectivity index (χ1n) is 8.40. The third-order valence-electron chi connectivity index (χ3n) is 3.90. The molecule has 0 aliphatic rings. The average molecular weight is 351 g/mol. The van der Waals surface area contributed by atoms with E-state index in [-0.39, 0.29) is 11.5 Å². The summed E-state index contributed by atoms with van der Waals surface area (Å²) in [5.41, 5.74) is 1.51. The van der Waals surface area contributed by atoms with E-state index < -0.39 is 0 Å². The van der Waals surface area contributed by atoms with Crippen molar-refractivity contribution >= 4 is 12.2 Å². The molecule has 1 heterocycles. The highest BCUT2D eigenvalue weighted by molar-refractivity contribution is 5.70. The van der Waals surface area contributed by atoms with E-state index in [1.54, 1.807) is 41.1 Å². The summed E-state index contributed by atoms with van der Waals surface area (Å²) >= 11 is 0. The minimum absolute atomic E-state index is 0.0943. The summed E-state index contributed by atoms with van der Waals surface area (Å²) < 4.78 is 6.91. The molecule has 6 heteroatoms. The molecule has 0 bridgehead atoms. The Balaban J connectivity index is 1.94. The van der Waals surface area contributed by atoms with E-state index in [9.17, 15) is 10.2 Å². The van der Waals surface area contributed by atoms with Crippen molar-refractivity contribution in [1.29, 1.82) is 0 Å². The zero-order valence-corrected chi connectivity index (χ0v) is 14.8. The number of aryl methyl sites for hydroxylation is 1. The largest absolute Gasteiger partial charge is 0.507 e. The molecule has 0 fully saturated rings. The number of phenolic OH excluding ortho intramolecular Hbond substituents is 2. The monoisotopic (exact) mass is 351 g/mol. The third kappa shape index (κ3) is 3.69. The molecule has 2 aromatic carbocycles. The third-order valence-corrected chi connectivity index (χ3v) is 3.90. The molecule has 26 heavy (non-hydrogen) atoms. The minimum atomic E-state index is 0.0943. The summed E-state index contributed by atoms with van der Waals surface area (Å²) in [7, 11) is 1.51. The molecule has 0 aliphatic carbocycles. The van der Waals surface area contributed by atoms with E-state index in [1.165, 1.54) is 7.11 Å². The second-order valence-corrected chi connectivity index (χ2v) is 5.80. The summed E-state index contributed by atoms with van der Waals surface area (Å²) in [5, 5.41) is 24.3. The number of phenols is 2.